The maximum atomic E-state index is 12.0. The number of ether oxygens (including phenoxy) is 1. The molecule has 7 heteroatoms. The molecule has 0 aliphatic heterocycles. The number of guanidine groups is 1. The van der Waals surface area contributed by atoms with Crippen LogP contribution in [-0.4, -0.2) is 61.1 Å². The molecule has 0 saturated carbocycles. The molecule has 0 bridgehead atoms. The number of amides is 1. The topological polar surface area (TPSA) is 83.0 Å². The molecule has 1 amide bonds. The molecule has 0 fully saturated rings. The molecule has 0 saturated heterocycles. The third kappa shape index (κ3) is 14.3. The molecule has 0 spiro atoms. The van der Waals surface area contributed by atoms with Gasteiger partial charge in [0.1, 0.15) is 5.60 Å². The molecule has 0 aromatic carbocycles. The lowest BCUT2D eigenvalue weighted by Gasteiger charge is -2.19. The summed E-state index contributed by atoms with van der Waals surface area (Å²) in [5.41, 5.74) is -0.405. The van der Waals surface area contributed by atoms with Gasteiger partial charge in [-0.2, -0.15) is 0 Å². The number of nitrogens with zero attached hydrogens (tertiary/aromatic N) is 2. The van der Waals surface area contributed by atoms with Crippen LogP contribution in [0.3, 0.4) is 0 Å². The van der Waals surface area contributed by atoms with Crippen LogP contribution in [0.1, 0.15) is 80.1 Å². The van der Waals surface area contributed by atoms with E-state index in [0.717, 1.165) is 57.8 Å². The van der Waals surface area contributed by atoms with E-state index in [-0.39, 0.29) is 11.9 Å². The smallest absolute Gasteiger partial charge is 0.306 e. The van der Waals surface area contributed by atoms with Crippen LogP contribution < -0.4 is 10.6 Å². The van der Waals surface area contributed by atoms with Crippen LogP contribution in [0.5, 0.6) is 0 Å². The maximum absolute atomic E-state index is 12.0. The Morgan fingerprint density at radius 1 is 0.929 bits per heavy atom. The molecule has 28 heavy (non-hydrogen) atoms. The van der Waals surface area contributed by atoms with Crippen molar-refractivity contribution in [2.75, 3.05) is 32.7 Å². The minimum Gasteiger partial charge on any atom is -0.460 e. The number of aliphatic imine (C=N–C) groups is 1. The van der Waals surface area contributed by atoms with Crippen LogP contribution in [-0.2, 0) is 14.3 Å². The standard InChI is InChI=1S/C21H42N4O3/c1-7-22-20(24-17-15-18(26)25(8-2)9-3)23-16-13-11-10-12-14-19(27)28-21(4,5)6/h7-17H2,1-6H3,(H2,22,23,24). The average molecular weight is 399 g/mol. The van der Waals surface area contributed by atoms with Gasteiger partial charge in [0, 0.05) is 45.6 Å². The van der Waals surface area contributed by atoms with Crippen molar-refractivity contribution >= 4 is 17.8 Å². The highest BCUT2D eigenvalue weighted by molar-refractivity contribution is 5.81. The molecule has 0 unspecified atom stereocenters. The minimum atomic E-state index is -0.405. The summed E-state index contributed by atoms with van der Waals surface area (Å²) >= 11 is 0. The number of hydrogen-bond acceptors (Lipinski definition) is 4. The largest absolute Gasteiger partial charge is 0.460 e. The quantitative estimate of drug-likeness (QED) is 0.216. The summed E-state index contributed by atoms with van der Waals surface area (Å²) in [5, 5.41) is 6.43. The summed E-state index contributed by atoms with van der Waals surface area (Å²) in [6.45, 7) is 15.3. The van der Waals surface area contributed by atoms with Crippen LogP contribution in [0, 0.1) is 0 Å². The second-order valence-corrected chi connectivity index (χ2v) is 7.75. The van der Waals surface area contributed by atoms with E-state index in [1.807, 2.05) is 46.4 Å². The van der Waals surface area contributed by atoms with Crippen molar-refractivity contribution in [1.82, 2.24) is 15.5 Å². The summed E-state index contributed by atoms with van der Waals surface area (Å²) in [7, 11) is 0. The second-order valence-electron chi connectivity index (χ2n) is 7.75. The number of rotatable bonds is 13. The number of unbranched alkanes of at least 4 members (excludes halogenated alkanes) is 3. The molecular weight excluding hydrogens is 356 g/mol. The van der Waals surface area contributed by atoms with Crippen molar-refractivity contribution in [3.8, 4) is 0 Å². The molecule has 0 aromatic heterocycles. The van der Waals surface area contributed by atoms with Crippen molar-refractivity contribution < 1.29 is 14.3 Å². The molecule has 2 N–H and O–H groups in total. The summed E-state index contributed by atoms with van der Waals surface area (Å²) < 4.78 is 5.30. The minimum absolute atomic E-state index is 0.122. The number of esters is 1. The average Bonchev–Trinajstić information content (AvgIpc) is 2.60. The molecule has 164 valence electrons. The SMILES string of the molecule is CCNC(=NCCCCCCC(=O)OC(C)(C)C)NCCC(=O)N(CC)CC. The van der Waals surface area contributed by atoms with E-state index in [9.17, 15) is 9.59 Å². The van der Waals surface area contributed by atoms with Crippen LogP contribution in [0.15, 0.2) is 4.99 Å². The highest BCUT2D eigenvalue weighted by atomic mass is 16.6. The zero-order valence-corrected chi connectivity index (χ0v) is 18.9. The Balaban J connectivity index is 3.99. The Morgan fingerprint density at radius 2 is 1.57 bits per heavy atom. The Bertz CT molecular complexity index is 469. The van der Waals surface area contributed by atoms with Gasteiger partial charge in [0.2, 0.25) is 5.91 Å². The molecule has 0 heterocycles. The fraction of sp³-hybridized carbons (Fsp3) is 0.857. The van der Waals surface area contributed by atoms with E-state index in [2.05, 4.69) is 15.6 Å². The molecule has 0 rings (SSSR count). The van der Waals surface area contributed by atoms with Crippen molar-refractivity contribution in [3.05, 3.63) is 0 Å². The van der Waals surface area contributed by atoms with E-state index in [4.69, 9.17) is 4.74 Å². The monoisotopic (exact) mass is 398 g/mol. The van der Waals surface area contributed by atoms with Crippen LogP contribution in [0.25, 0.3) is 0 Å². The van der Waals surface area contributed by atoms with Crippen molar-refractivity contribution in [3.63, 3.8) is 0 Å². The van der Waals surface area contributed by atoms with Crippen LogP contribution >= 0.6 is 0 Å². The fourth-order valence-corrected chi connectivity index (χ4v) is 2.68. The van der Waals surface area contributed by atoms with Gasteiger partial charge in [0.15, 0.2) is 5.96 Å². The van der Waals surface area contributed by atoms with Gasteiger partial charge in [0.05, 0.1) is 0 Å². The van der Waals surface area contributed by atoms with Crippen LogP contribution in [0.4, 0.5) is 0 Å². The third-order valence-corrected chi connectivity index (χ3v) is 4.07. The Hall–Kier alpha value is -1.79. The van der Waals surface area contributed by atoms with Gasteiger partial charge in [-0.15, -0.1) is 0 Å². The first kappa shape index (κ1) is 26.2. The van der Waals surface area contributed by atoms with E-state index < -0.39 is 5.60 Å². The number of carbonyl (C=O) groups excluding carboxylic acids is 2. The number of nitrogens with one attached hydrogen (secondary N) is 2. The number of carbonyl (C=O) groups is 2. The first-order valence-electron chi connectivity index (χ1n) is 10.7. The lowest BCUT2D eigenvalue weighted by Crippen LogP contribution is -2.40. The van der Waals surface area contributed by atoms with Crippen molar-refractivity contribution in [2.24, 2.45) is 4.99 Å². The van der Waals surface area contributed by atoms with Gasteiger partial charge in [-0.25, -0.2) is 0 Å². The van der Waals surface area contributed by atoms with Gasteiger partial charge in [-0.05, 0) is 54.4 Å². The summed E-state index contributed by atoms with van der Waals surface area (Å²) in [6, 6.07) is 0. The predicted octanol–water partition coefficient (Wildman–Crippen LogP) is 3.09. The van der Waals surface area contributed by atoms with E-state index in [0.29, 0.717) is 19.4 Å². The van der Waals surface area contributed by atoms with Gasteiger partial charge in [-0.1, -0.05) is 12.8 Å². The first-order chi connectivity index (χ1) is 13.2. The molecule has 0 aromatic rings. The summed E-state index contributed by atoms with van der Waals surface area (Å²) in [5.74, 6) is 0.797. The summed E-state index contributed by atoms with van der Waals surface area (Å²) in [4.78, 5) is 30.1. The normalized spacial score (nSPS) is 11.9. The van der Waals surface area contributed by atoms with Gasteiger partial charge >= 0.3 is 5.97 Å². The Labute approximate surface area is 171 Å². The van der Waals surface area contributed by atoms with Gasteiger partial charge < -0.3 is 20.3 Å². The predicted molar refractivity (Wildman–Crippen MR) is 115 cm³/mol. The Kier molecular flexibility index (Phi) is 14.2. The molecule has 0 atom stereocenters. The lowest BCUT2D eigenvalue weighted by molar-refractivity contribution is -0.154. The van der Waals surface area contributed by atoms with Gasteiger partial charge in [-0.3, -0.25) is 14.6 Å². The first-order valence-corrected chi connectivity index (χ1v) is 10.7. The van der Waals surface area contributed by atoms with E-state index in [1.165, 1.54) is 0 Å². The summed E-state index contributed by atoms with van der Waals surface area (Å²) in [6.07, 6.45) is 4.80. The molecule has 0 aliphatic carbocycles. The number of hydrogen-bond donors (Lipinski definition) is 2. The maximum Gasteiger partial charge on any atom is 0.306 e. The van der Waals surface area contributed by atoms with E-state index >= 15 is 0 Å². The van der Waals surface area contributed by atoms with Gasteiger partial charge in [0.25, 0.3) is 0 Å². The molecule has 7 nitrogen and oxygen atoms in total. The zero-order valence-electron chi connectivity index (χ0n) is 18.9. The fourth-order valence-electron chi connectivity index (χ4n) is 2.68. The molecule has 0 aliphatic rings. The van der Waals surface area contributed by atoms with Crippen LogP contribution in [0.2, 0.25) is 0 Å². The highest BCUT2D eigenvalue weighted by Crippen LogP contribution is 2.11. The second kappa shape index (κ2) is 15.2. The third-order valence-electron chi connectivity index (χ3n) is 4.07. The molecule has 0 radical (unpaired) electrons. The van der Waals surface area contributed by atoms with E-state index in [1.54, 1.807) is 0 Å². The van der Waals surface area contributed by atoms with Crippen molar-refractivity contribution in [1.29, 1.82) is 0 Å². The molecular formula is C21H42N4O3. The van der Waals surface area contributed by atoms with Crippen molar-refractivity contribution in [2.45, 2.75) is 85.7 Å². The lowest BCUT2D eigenvalue weighted by atomic mass is 10.1. The zero-order chi connectivity index (χ0) is 21.4. The Morgan fingerprint density at radius 3 is 2.14 bits per heavy atom. The highest BCUT2D eigenvalue weighted by Gasteiger charge is 2.15.